The third-order valence-corrected chi connectivity index (χ3v) is 6.57. The van der Waals surface area contributed by atoms with Crippen LogP contribution in [-0.4, -0.2) is 5.33 Å². The van der Waals surface area contributed by atoms with Crippen molar-refractivity contribution in [2.75, 3.05) is 5.33 Å². The average molecular weight is 452 g/mol. The number of rotatable bonds is 19. The molecule has 0 atom stereocenters. The summed E-state index contributed by atoms with van der Waals surface area (Å²) in [6.45, 7) is 4.87. The Kier molecular flexibility index (Phi) is 16.1. The summed E-state index contributed by atoms with van der Waals surface area (Å²) < 4.78 is 0. The van der Waals surface area contributed by atoms with Crippen LogP contribution in [0.1, 0.15) is 122 Å². The van der Waals surface area contributed by atoms with Gasteiger partial charge in [-0.15, -0.1) is 0 Å². The first-order valence-corrected chi connectivity index (χ1v) is 13.4. The zero-order chi connectivity index (χ0) is 20.3. The second-order valence-corrected chi connectivity index (χ2v) is 10.4. The van der Waals surface area contributed by atoms with Crippen LogP contribution in [-0.2, 0) is 6.42 Å². The van der Waals surface area contributed by atoms with Crippen molar-refractivity contribution in [1.82, 2.24) is 0 Å². The maximum absolute atomic E-state index is 3.51. The molecule has 0 amide bonds. The fraction of sp³-hybridized carbons (Fsp3) is 0.778. The highest BCUT2D eigenvalue weighted by molar-refractivity contribution is 9.09. The largest absolute Gasteiger partial charge is 0.0928 e. The molecule has 28 heavy (non-hydrogen) atoms. The van der Waals surface area contributed by atoms with Crippen molar-refractivity contribution >= 4 is 15.9 Å². The van der Waals surface area contributed by atoms with Crippen molar-refractivity contribution < 1.29 is 0 Å². The van der Waals surface area contributed by atoms with Gasteiger partial charge in [-0.25, -0.2) is 0 Å². The lowest BCUT2D eigenvalue weighted by Crippen LogP contribution is -2.14. The highest BCUT2D eigenvalue weighted by atomic mass is 79.9. The van der Waals surface area contributed by atoms with E-state index in [9.17, 15) is 0 Å². The first-order valence-electron chi connectivity index (χ1n) is 12.2. The van der Waals surface area contributed by atoms with Gasteiger partial charge in [0.2, 0.25) is 0 Å². The zero-order valence-corrected chi connectivity index (χ0v) is 20.6. The molecule has 0 fully saturated rings. The van der Waals surface area contributed by atoms with Gasteiger partial charge in [0.25, 0.3) is 0 Å². The Balaban J connectivity index is 1.83. The highest BCUT2D eigenvalue weighted by Crippen LogP contribution is 2.28. The van der Waals surface area contributed by atoms with Gasteiger partial charge < -0.3 is 0 Å². The number of benzene rings is 1. The quantitative estimate of drug-likeness (QED) is 0.145. The van der Waals surface area contributed by atoms with E-state index in [2.05, 4.69) is 60.1 Å². The minimum absolute atomic E-state index is 0.440. The van der Waals surface area contributed by atoms with Crippen LogP contribution in [0, 0.1) is 5.41 Å². The maximum Gasteiger partial charge on any atom is 0.00313 e. The van der Waals surface area contributed by atoms with E-state index in [-0.39, 0.29) is 0 Å². The molecule has 0 nitrogen and oxygen atoms in total. The van der Waals surface area contributed by atoms with Crippen LogP contribution in [0.15, 0.2) is 30.3 Å². The van der Waals surface area contributed by atoms with E-state index >= 15 is 0 Å². The average Bonchev–Trinajstić information content (AvgIpc) is 2.68. The lowest BCUT2D eigenvalue weighted by Gasteiger charge is -2.24. The number of halogens is 1. The van der Waals surface area contributed by atoms with E-state index in [0.29, 0.717) is 5.41 Å². The van der Waals surface area contributed by atoms with Gasteiger partial charge in [0, 0.05) is 5.33 Å². The molecule has 0 bridgehead atoms. The van der Waals surface area contributed by atoms with Gasteiger partial charge in [-0.1, -0.05) is 150 Å². The van der Waals surface area contributed by atoms with Crippen LogP contribution in [0.3, 0.4) is 0 Å². The summed E-state index contributed by atoms with van der Waals surface area (Å²) in [4.78, 5) is 0. The van der Waals surface area contributed by atoms with Gasteiger partial charge in [0.1, 0.15) is 0 Å². The smallest absolute Gasteiger partial charge is 0.00313 e. The number of hydrogen-bond acceptors (Lipinski definition) is 0. The molecule has 1 aromatic rings. The summed E-state index contributed by atoms with van der Waals surface area (Å²) in [5, 5.41) is 1.18. The summed E-state index contributed by atoms with van der Waals surface area (Å²) in [6, 6.07) is 11.0. The molecule has 0 aliphatic carbocycles. The molecular weight excluding hydrogens is 404 g/mol. The fourth-order valence-corrected chi connectivity index (χ4v) is 4.63. The third kappa shape index (κ3) is 15.6. The predicted octanol–water partition coefficient (Wildman–Crippen LogP) is 9.89. The molecule has 1 rings (SSSR count). The summed E-state index contributed by atoms with van der Waals surface area (Å²) >= 11 is 3.51. The molecule has 162 valence electrons. The third-order valence-electron chi connectivity index (χ3n) is 6.01. The van der Waals surface area contributed by atoms with Crippen molar-refractivity contribution in [3.05, 3.63) is 35.9 Å². The van der Waals surface area contributed by atoms with E-state index in [1.807, 2.05) is 0 Å². The second-order valence-electron chi connectivity index (χ2n) is 9.57. The topological polar surface area (TPSA) is 0 Å². The van der Waals surface area contributed by atoms with Gasteiger partial charge in [-0.3, -0.25) is 0 Å². The summed E-state index contributed by atoms with van der Waals surface area (Å²) in [5.74, 6) is 0. The molecule has 1 heteroatoms. The van der Waals surface area contributed by atoms with Crippen LogP contribution >= 0.6 is 15.9 Å². The molecule has 0 heterocycles. The molecule has 0 saturated heterocycles. The van der Waals surface area contributed by atoms with Crippen LogP contribution in [0.2, 0.25) is 0 Å². The minimum Gasteiger partial charge on any atom is -0.0928 e. The number of alkyl halides is 1. The van der Waals surface area contributed by atoms with Crippen LogP contribution in [0.4, 0.5) is 0 Å². The van der Waals surface area contributed by atoms with E-state index in [0.717, 1.165) is 0 Å². The van der Waals surface area contributed by atoms with Crippen molar-refractivity contribution in [1.29, 1.82) is 0 Å². The zero-order valence-electron chi connectivity index (χ0n) is 19.0. The van der Waals surface area contributed by atoms with Crippen LogP contribution in [0.25, 0.3) is 0 Å². The Bertz CT molecular complexity index is 437. The summed E-state index contributed by atoms with van der Waals surface area (Å²) in [7, 11) is 0. The van der Waals surface area contributed by atoms with Gasteiger partial charge in [-0.05, 0) is 30.2 Å². The Morgan fingerprint density at radius 2 is 0.964 bits per heavy atom. The Labute approximate surface area is 185 Å². The van der Waals surface area contributed by atoms with E-state index in [1.54, 1.807) is 0 Å². The molecule has 0 aromatic heterocycles. The maximum atomic E-state index is 3.51. The molecule has 0 spiro atoms. The van der Waals surface area contributed by atoms with Crippen LogP contribution < -0.4 is 0 Å². The lowest BCUT2D eigenvalue weighted by molar-refractivity contribution is 0.316. The monoisotopic (exact) mass is 450 g/mol. The van der Waals surface area contributed by atoms with Gasteiger partial charge in [-0.2, -0.15) is 0 Å². The van der Waals surface area contributed by atoms with Crippen molar-refractivity contribution in [2.45, 2.75) is 123 Å². The first kappa shape index (κ1) is 25.7. The molecule has 0 saturated carbocycles. The first-order chi connectivity index (χ1) is 13.6. The molecule has 0 radical (unpaired) electrons. The summed E-state index contributed by atoms with van der Waals surface area (Å²) in [5.41, 5.74) is 1.93. The molecule has 0 N–H and O–H groups in total. The predicted molar refractivity (Wildman–Crippen MR) is 132 cm³/mol. The van der Waals surface area contributed by atoms with Gasteiger partial charge in [0.05, 0.1) is 0 Å². The van der Waals surface area contributed by atoms with Gasteiger partial charge in [0.15, 0.2) is 0 Å². The number of unbranched alkanes of at least 4 members (excludes halogenated alkanes) is 14. The van der Waals surface area contributed by atoms with Crippen molar-refractivity contribution in [3.8, 4) is 0 Å². The van der Waals surface area contributed by atoms with Crippen molar-refractivity contribution in [3.63, 3.8) is 0 Å². The van der Waals surface area contributed by atoms with E-state index < -0.39 is 0 Å². The minimum atomic E-state index is 0.440. The number of hydrogen-bond donors (Lipinski definition) is 0. The Hall–Kier alpha value is -0.300. The SMILES string of the molecule is CC(C)(CCCCCCCCCCCCCCCCCBr)Cc1ccccc1. The van der Waals surface area contributed by atoms with E-state index in [1.165, 1.54) is 120 Å². The fourth-order valence-electron chi connectivity index (χ4n) is 4.23. The van der Waals surface area contributed by atoms with Gasteiger partial charge >= 0.3 is 0 Å². The molecular formula is C27H47Br. The summed E-state index contributed by atoms with van der Waals surface area (Å²) in [6.07, 6.45) is 24.2. The lowest BCUT2D eigenvalue weighted by atomic mass is 9.81. The Morgan fingerprint density at radius 3 is 1.39 bits per heavy atom. The molecule has 0 aliphatic rings. The Morgan fingerprint density at radius 1 is 0.571 bits per heavy atom. The van der Waals surface area contributed by atoms with Crippen molar-refractivity contribution in [2.24, 2.45) is 5.41 Å². The molecule has 1 aromatic carbocycles. The highest BCUT2D eigenvalue weighted by Gasteiger charge is 2.17. The van der Waals surface area contributed by atoms with Crippen LogP contribution in [0.5, 0.6) is 0 Å². The molecule has 0 aliphatic heterocycles. The van der Waals surface area contributed by atoms with E-state index in [4.69, 9.17) is 0 Å². The second kappa shape index (κ2) is 17.5. The molecule has 0 unspecified atom stereocenters. The normalized spacial score (nSPS) is 11.8. The standard InChI is InChI=1S/C27H47Br/c1-27(2,25-26-21-17-16-18-22-26)23-19-14-12-10-8-6-4-3-5-7-9-11-13-15-20-24-28/h16-18,21-22H,3-15,19-20,23-25H2,1-2H3.